The molecule has 4 heteroatoms. The van der Waals surface area contributed by atoms with Gasteiger partial charge in [0.15, 0.2) is 0 Å². The number of rotatable bonds is 18. The second-order valence-corrected chi connectivity index (χ2v) is 8.47. The Labute approximate surface area is 174 Å². The van der Waals surface area contributed by atoms with Gasteiger partial charge in [0.25, 0.3) is 0 Å². The Balaban J connectivity index is 2.08. The van der Waals surface area contributed by atoms with Crippen molar-refractivity contribution >= 4 is 5.91 Å². The number of hydrogen-bond donors (Lipinski definition) is 2. The highest BCUT2D eigenvalue weighted by Crippen LogP contribution is 2.16. The van der Waals surface area contributed by atoms with E-state index >= 15 is 0 Å². The Kier molecular flexibility index (Phi) is 14.9. The number of carbonyl (C=O) groups excluding carboxylic acids is 1. The molecule has 0 saturated carbocycles. The molecule has 0 aromatic carbocycles. The van der Waals surface area contributed by atoms with Gasteiger partial charge in [-0.05, 0) is 26.2 Å². The van der Waals surface area contributed by atoms with Crippen molar-refractivity contribution in [2.75, 3.05) is 0 Å². The smallest absolute Gasteiger partial charge is 0.221 e. The minimum Gasteiger partial charge on any atom is -0.370 e. The van der Waals surface area contributed by atoms with Gasteiger partial charge in [0.1, 0.15) is 0 Å². The van der Waals surface area contributed by atoms with Gasteiger partial charge in [-0.1, -0.05) is 90.9 Å². The van der Waals surface area contributed by atoms with Crippen molar-refractivity contribution < 1.29 is 4.79 Å². The molecule has 1 heterocycles. The molecule has 0 aliphatic carbocycles. The Hall–Kier alpha value is -1.19. The maximum absolute atomic E-state index is 12.3. The van der Waals surface area contributed by atoms with Gasteiger partial charge in [-0.3, -0.25) is 4.79 Å². The first-order chi connectivity index (χ1) is 13.7. The van der Waals surface area contributed by atoms with Crippen LogP contribution in [0.2, 0.25) is 0 Å². The molecule has 1 amide bonds. The lowest BCUT2D eigenvalue weighted by Gasteiger charge is -2.32. The minimum absolute atomic E-state index is 0.0537. The summed E-state index contributed by atoms with van der Waals surface area (Å²) in [7, 11) is 0. The number of unbranched alkanes of at least 4 members (excludes halogenated alkanes) is 12. The van der Waals surface area contributed by atoms with Gasteiger partial charge in [-0.25, -0.2) is 0 Å². The van der Waals surface area contributed by atoms with E-state index < -0.39 is 0 Å². The molecule has 0 radical (unpaired) electrons. The fourth-order valence-corrected chi connectivity index (χ4v) is 3.98. The van der Waals surface area contributed by atoms with Crippen LogP contribution in [0.15, 0.2) is 12.4 Å². The number of carbonyl (C=O) groups is 1. The van der Waals surface area contributed by atoms with E-state index in [1.807, 2.05) is 6.20 Å². The summed E-state index contributed by atoms with van der Waals surface area (Å²) in [5.74, 6) is 0.192. The summed E-state index contributed by atoms with van der Waals surface area (Å²) in [4.78, 5) is 14.5. The van der Waals surface area contributed by atoms with Gasteiger partial charge in [0.2, 0.25) is 5.91 Å². The summed E-state index contributed by atoms with van der Waals surface area (Å²) < 4.78 is 0. The van der Waals surface area contributed by atoms with E-state index in [-0.39, 0.29) is 12.1 Å². The molecule has 28 heavy (non-hydrogen) atoms. The van der Waals surface area contributed by atoms with Gasteiger partial charge < -0.3 is 15.5 Å². The molecule has 1 aliphatic heterocycles. The standard InChI is InChI=1S/C24H47N3O/c1-4-6-8-10-11-12-13-15-17-19-24(28)26-22(3)27-21-20-25-23(27)18-16-14-9-7-5-2/h20-23,25H,4-19H2,1-3H3,(H,26,28). The third kappa shape index (κ3) is 11.6. The number of nitrogens with zero attached hydrogens (tertiary/aromatic N) is 1. The predicted octanol–water partition coefficient (Wildman–Crippen LogP) is 6.43. The van der Waals surface area contributed by atoms with Gasteiger partial charge in [-0.2, -0.15) is 0 Å². The third-order valence-electron chi connectivity index (χ3n) is 5.80. The molecule has 0 aromatic rings. The fraction of sp³-hybridized carbons (Fsp3) is 0.875. The first-order valence-electron chi connectivity index (χ1n) is 12.2. The maximum Gasteiger partial charge on any atom is 0.221 e. The van der Waals surface area contributed by atoms with Crippen LogP contribution in [0.1, 0.15) is 124 Å². The zero-order chi connectivity index (χ0) is 20.5. The molecule has 1 rings (SSSR count). The second-order valence-electron chi connectivity index (χ2n) is 8.47. The van der Waals surface area contributed by atoms with Crippen LogP contribution >= 0.6 is 0 Å². The highest BCUT2D eigenvalue weighted by molar-refractivity contribution is 5.76. The predicted molar refractivity (Wildman–Crippen MR) is 121 cm³/mol. The van der Waals surface area contributed by atoms with Gasteiger partial charge in [0.05, 0.1) is 12.3 Å². The van der Waals surface area contributed by atoms with E-state index in [0.717, 1.165) is 12.8 Å². The zero-order valence-corrected chi connectivity index (χ0v) is 19.0. The summed E-state index contributed by atoms with van der Waals surface area (Å²) in [6, 6.07) is 0. The molecule has 0 spiro atoms. The highest BCUT2D eigenvalue weighted by Gasteiger charge is 2.23. The monoisotopic (exact) mass is 393 g/mol. The summed E-state index contributed by atoms with van der Waals surface area (Å²) >= 11 is 0. The molecule has 0 fully saturated rings. The molecule has 0 saturated heterocycles. The molecular weight excluding hydrogens is 346 g/mol. The molecule has 2 N–H and O–H groups in total. The van der Waals surface area contributed by atoms with Gasteiger partial charge in [0, 0.05) is 18.8 Å². The van der Waals surface area contributed by atoms with Crippen LogP contribution in [0.5, 0.6) is 0 Å². The van der Waals surface area contributed by atoms with Crippen LogP contribution in [0.4, 0.5) is 0 Å². The van der Waals surface area contributed by atoms with Crippen molar-refractivity contribution in [3.63, 3.8) is 0 Å². The van der Waals surface area contributed by atoms with Crippen molar-refractivity contribution in [2.45, 2.75) is 136 Å². The summed E-state index contributed by atoms with van der Waals surface area (Å²) in [5, 5.41) is 6.61. The average Bonchev–Trinajstić information content (AvgIpc) is 3.15. The molecular formula is C24H47N3O. The van der Waals surface area contributed by atoms with E-state index in [1.54, 1.807) is 0 Å². The van der Waals surface area contributed by atoms with Crippen LogP contribution in [0.3, 0.4) is 0 Å². The van der Waals surface area contributed by atoms with E-state index in [1.165, 1.54) is 83.5 Å². The summed E-state index contributed by atoms with van der Waals surface area (Å²) in [6.45, 7) is 6.61. The van der Waals surface area contributed by atoms with Crippen LogP contribution < -0.4 is 10.6 Å². The molecule has 164 valence electrons. The molecule has 4 nitrogen and oxygen atoms in total. The summed E-state index contributed by atoms with van der Waals surface area (Å²) in [5.41, 5.74) is 0. The summed E-state index contributed by atoms with van der Waals surface area (Å²) in [6.07, 6.45) is 24.4. The minimum atomic E-state index is 0.0537. The Bertz CT molecular complexity index is 411. The molecule has 0 aromatic heterocycles. The quantitative estimate of drug-likeness (QED) is 0.264. The van der Waals surface area contributed by atoms with Crippen LogP contribution in [-0.4, -0.2) is 23.1 Å². The van der Waals surface area contributed by atoms with Crippen LogP contribution in [0, 0.1) is 0 Å². The first kappa shape index (κ1) is 24.8. The fourth-order valence-electron chi connectivity index (χ4n) is 3.98. The third-order valence-corrected chi connectivity index (χ3v) is 5.80. The normalized spacial score (nSPS) is 17.0. The lowest BCUT2D eigenvalue weighted by Crippen LogP contribution is -2.49. The van der Waals surface area contributed by atoms with E-state index in [0.29, 0.717) is 12.6 Å². The van der Waals surface area contributed by atoms with E-state index in [4.69, 9.17) is 0 Å². The topological polar surface area (TPSA) is 44.4 Å². The van der Waals surface area contributed by atoms with E-state index in [9.17, 15) is 4.79 Å². The Morgan fingerprint density at radius 1 is 0.893 bits per heavy atom. The van der Waals surface area contributed by atoms with Gasteiger partial charge in [-0.15, -0.1) is 0 Å². The highest BCUT2D eigenvalue weighted by atomic mass is 16.1. The first-order valence-corrected chi connectivity index (χ1v) is 12.2. The lowest BCUT2D eigenvalue weighted by atomic mass is 10.1. The Morgan fingerprint density at radius 2 is 1.43 bits per heavy atom. The van der Waals surface area contributed by atoms with Crippen molar-refractivity contribution in [3.8, 4) is 0 Å². The maximum atomic E-state index is 12.3. The van der Waals surface area contributed by atoms with Crippen LogP contribution in [0.25, 0.3) is 0 Å². The van der Waals surface area contributed by atoms with Crippen LogP contribution in [-0.2, 0) is 4.79 Å². The molecule has 0 bridgehead atoms. The molecule has 1 aliphatic rings. The lowest BCUT2D eigenvalue weighted by molar-refractivity contribution is -0.122. The van der Waals surface area contributed by atoms with Gasteiger partial charge >= 0.3 is 0 Å². The Morgan fingerprint density at radius 3 is 2.04 bits per heavy atom. The molecule has 2 unspecified atom stereocenters. The number of hydrogen-bond acceptors (Lipinski definition) is 3. The van der Waals surface area contributed by atoms with Crippen molar-refractivity contribution in [3.05, 3.63) is 12.4 Å². The van der Waals surface area contributed by atoms with Crippen molar-refractivity contribution in [2.24, 2.45) is 0 Å². The average molecular weight is 394 g/mol. The molecule has 2 atom stereocenters. The van der Waals surface area contributed by atoms with E-state index in [2.05, 4.69) is 42.5 Å². The second kappa shape index (κ2) is 16.7. The SMILES string of the molecule is CCCCCCCCCCCC(=O)NC(C)N1C=CNC1CCCCCCC. The van der Waals surface area contributed by atoms with Crippen molar-refractivity contribution in [1.29, 1.82) is 0 Å². The zero-order valence-electron chi connectivity index (χ0n) is 19.0. The number of amides is 1. The van der Waals surface area contributed by atoms with Crippen molar-refractivity contribution in [1.82, 2.24) is 15.5 Å². The number of nitrogens with one attached hydrogen (secondary N) is 2. The largest absolute Gasteiger partial charge is 0.370 e.